The largest absolute Gasteiger partial charge is 0.335 e. The first-order chi connectivity index (χ1) is 12.0. The molecule has 0 radical (unpaired) electrons. The number of carbonyl (C=O) groups excluding carboxylic acids is 2. The Labute approximate surface area is 151 Å². The van der Waals surface area contributed by atoms with Crippen LogP contribution in [0, 0.1) is 13.8 Å². The van der Waals surface area contributed by atoms with Crippen molar-refractivity contribution in [3.63, 3.8) is 0 Å². The van der Waals surface area contributed by atoms with Gasteiger partial charge in [0.25, 0.3) is 0 Å². The number of carbonyl (C=O) groups is 2. The minimum atomic E-state index is -0.434. The average Bonchev–Trinajstić information content (AvgIpc) is 3.26. The van der Waals surface area contributed by atoms with Gasteiger partial charge in [-0.15, -0.1) is 0 Å². The third-order valence-electron chi connectivity index (χ3n) is 4.24. The number of imidazole rings is 1. The first-order valence-electron chi connectivity index (χ1n) is 8.33. The quantitative estimate of drug-likeness (QED) is 0.806. The lowest BCUT2D eigenvalue weighted by Gasteiger charge is -2.15. The van der Waals surface area contributed by atoms with E-state index in [1.54, 1.807) is 13.1 Å². The van der Waals surface area contributed by atoms with Crippen LogP contribution >= 0.6 is 11.8 Å². The molecule has 0 saturated heterocycles. The lowest BCUT2D eigenvalue weighted by Crippen LogP contribution is -2.43. The summed E-state index contributed by atoms with van der Waals surface area (Å²) in [4.78, 5) is 28.3. The minimum Gasteiger partial charge on any atom is -0.335 e. The molecule has 1 aromatic carbocycles. The number of rotatable bonds is 5. The van der Waals surface area contributed by atoms with Gasteiger partial charge >= 0.3 is 6.03 Å². The number of nitrogens with zero attached hydrogens (tertiary/aromatic N) is 2. The van der Waals surface area contributed by atoms with E-state index in [1.165, 1.54) is 22.9 Å². The summed E-state index contributed by atoms with van der Waals surface area (Å²) >= 11 is 1.33. The van der Waals surface area contributed by atoms with Crippen molar-refractivity contribution in [3.8, 4) is 5.69 Å². The summed E-state index contributed by atoms with van der Waals surface area (Å²) in [6, 6.07) is 5.90. The monoisotopic (exact) mass is 358 g/mol. The molecule has 0 bridgehead atoms. The van der Waals surface area contributed by atoms with Gasteiger partial charge in [-0.25, -0.2) is 9.78 Å². The predicted molar refractivity (Wildman–Crippen MR) is 98.1 cm³/mol. The average molecular weight is 358 g/mol. The van der Waals surface area contributed by atoms with Gasteiger partial charge in [-0.3, -0.25) is 14.7 Å². The number of hydrogen-bond acceptors (Lipinski definition) is 4. The lowest BCUT2D eigenvalue weighted by atomic mass is 10.1. The van der Waals surface area contributed by atoms with Crippen LogP contribution in [-0.4, -0.2) is 32.8 Å². The van der Waals surface area contributed by atoms with E-state index in [1.807, 2.05) is 22.9 Å². The number of nitrogens with one attached hydrogen (secondary N) is 2. The van der Waals surface area contributed by atoms with Crippen LogP contribution in [0.3, 0.4) is 0 Å². The number of thioether (sulfide) groups is 1. The van der Waals surface area contributed by atoms with Gasteiger partial charge in [0.15, 0.2) is 5.16 Å². The summed E-state index contributed by atoms with van der Waals surface area (Å²) in [5, 5.41) is 5.43. The highest BCUT2D eigenvalue weighted by molar-refractivity contribution is 8.00. The van der Waals surface area contributed by atoms with Crippen molar-refractivity contribution in [2.45, 2.75) is 50.1 Å². The molecule has 3 amide bonds. The van der Waals surface area contributed by atoms with Gasteiger partial charge in [-0.05, 0) is 50.8 Å². The standard InChI is InChI=1S/C18H22N4O2S/c1-11-5-4-6-15(12(11)2)22-10-9-19-18(22)25-13(3)16(23)21-17(24)20-14-7-8-14/h4-6,9-10,13-14H,7-8H2,1-3H3,(H2,20,21,23,24). The topological polar surface area (TPSA) is 76.0 Å². The van der Waals surface area contributed by atoms with Gasteiger partial charge < -0.3 is 5.32 Å². The number of urea groups is 1. The van der Waals surface area contributed by atoms with Crippen LogP contribution in [0.5, 0.6) is 0 Å². The highest BCUT2D eigenvalue weighted by Crippen LogP contribution is 2.27. The molecule has 1 heterocycles. The van der Waals surface area contributed by atoms with E-state index >= 15 is 0 Å². The molecule has 1 aliphatic rings. The van der Waals surface area contributed by atoms with E-state index < -0.39 is 11.3 Å². The summed E-state index contributed by atoms with van der Waals surface area (Å²) < 4.78 is 1.97. The van der Waals surface area contributed by atoms with Crippen LogP contribution in [0.25, 0.3) is 5.69 Å². The fraction of sp³-hybridized carbons (Fsp3) is 0.389. The van der Waals surface area contributed by atoms with E-state index in [9.17, 15) is 9.59 Å². The second-order valence-corrected chi connectivity index (χ2v) is 7.60. The molecule has 2 N–H and O–H groups in total. The molecule has 1 unspecified atom stereocenters. The van der Waals surface area contributed by atoms with Gasteiger partial charge in [-0.1, -0.05) is 23.9 Å². The Bertz CT molecular complexity index is 798. The molecular formula is C18H22N4O2S. The van der Waals surface area contributed by atoms with Gasteiger partial charge in [0.1, 0.15) is 0 Å². The zero-order chi connectivity index (χ0) is 18.0. The fourth-order valence-corrected chi connectivity index (χ4v) is 3.31. The molecule has 0 aliphatic heterocycles. The first kappa shape index (κ1) is 17.5. The third kappa shape index (κ3) is 4.22. The summed E-state index contributed by atoms with van der Waals surface area (Å²) in [6.07, 6.45) is 5.57. The van der Waals surface area contributed by atoms with E-state index in [0.717, 1.165) is 23.7 Å². The van der Waals surface area contributed by atoms with Gasteiger partial charge in [0.05, 0.1) is 10.9 Å². The number of hydrogen-bond donors (Lipinski definition) is 2. The summed E-state index contributed by atoms with van der Waals surface area (Å²) in [6.45, 7) is 5.90. The van der Waals surface area contributed by atoms with Crippen molar-refractivity contribution in [2.24, 2.45) is 0 Å². The van der Waals surface area contributed by atoms with Crippen molar-refractivity contribution in [1.82, 2.24) is 20.2 Å². The second-order valence-electron chi connectivity index (χ2n) is 6.30. The van der Waals surface area contributed by atoms with Gasteiger partial charge in [-0.2, -0.15) is 0 Å². The third-order valence-corrected chi connectivity index (χ3v) is 5.32. The molecular weight excluding hydrogens is 336 g/mol. The molecule has 6 nitrogen and oxygen atoms in total. The minimum absolute atomic E-state index is 0.221. The van der Waals surface area contributed by atoms with E-state index in [0.29, 0.717) is 0 Å². The van der Waals surface area contributed by atoms with Gasteiger partial charge in [0, 0.05) is 18.4 Å². The Morgan fingerprint density at radius 1 is 1.32 bits per heavy atom. The van der Waals surface area contributed by atoms with Crippen LogP contribution in [0.4, 0.5) is 4.79 Å². The number of benzene rings is 1. The Morgan fingerprint density at radius 2 is 2.08 bits per heavy atom. The Balaban J connectivity index is 1.68. The van der Waals surface area contributed by atoms with E-state index in [4.69, 9.17) is 0 Å². The summed E-state index contributed by atoms with van der Waals surface area (Å²) in [5.41, 5.74) is 3.41. The summed E-state index contributed by atoms with van der Waals surface area (Å²) in [5.74, 6) is -0.321. The first-order valence-corrected chi connectivity index (χ1v) is 9.21. The number of amides is 3. The zero-order valence-corrected chi connectivity index (χ0v) is 15.4. The number of aryl methyl sites for hydroxylation is 1. The normalized spacial score (nSPS) is 14.8. The maximum atomic E-state index is 12.2. The SMILES string of the molecule is Cc1cccc(-n2ccnc2SC(C)C(=O)NC(=O)NC2CC2)c1C. The molecule has 1 aliphatic carbocycles. The molecule has 25 heavy (non-hydrogen) atoms. The van der Waals surface area contributed by atoms with Crippen molar-refractivity contribution in [3.05, 3.63) is 41.7 Å². The molecule has 0 spiro atoms. The molecule has 2 aromatic rings. The lowest BCUT2D eigenvalue weighted by molar-refractivity contribution is -0.119. The van der Waals surface area contributed by atoms with Crippen molar-refractivity contribution in [2.75, 3.05) is 0 Å². The van der Waals surface area contributed by atoms with Crippen LogP contribution in [-0.2, 0) is 4.79 Å². The molecule has 3 rings (SSSR count). The zero-order valence-electron chi connectivity index (χ0n) is 14.6. The molecule has 1 atom stereocenters. The van der Waals surface area contributed by atoms with Crippen molar-refractivity contribution >= 4 is 23.7 Å². The Hall–Kier alpha value is -2.28. The molecule has 7 heteroatoms. The number of imide groups is 1. The molecule has 1 saturated carbocycles. The Kier molecular flexibility index (Phi) is 5.13. The highest BCUT2D eigenvalue weighted by atomic mass is 32.2. The van der Waals surface area contributed by atoms with Crippen molar-refractivity contribution in [1.29, 1.82) is 0 Å². The highest BCUT2D eigenvalue weighted by Gasteiger charge is 2.25. The summed E-state index contributed by atoms with van der Waals surface area (Å²) in [7, 11) is 0. The maximum absolute atomic E-state index is 12.2. The van der Waals surface area contributed by atoms with Crippen LogP contribution in [0.15, 0.2) is 35.7 Å². The van der Waals surface area contributed by atoms with E-state index in [-0.39, 0.29) is 11.9 Å². The molecule has 132 valence electrons. The van der Waals surface area contributed by atoms with Gasteiger partial charge in [0.2, 0.25) is 5.91 Å². The van der Waals surface area contributed by atoms with Crippen LogP contribution < -0.4 is 10.6 Å². The predicted octanol–water partition coefficient (Wildman–Crippen LogP) is 2.96. The maximum Gasteiger partial charge on any atom is 0.321 e. The van der Waals surface area contributed by atoms with Crippen molar-refractivity contribution < 1.29 is 9.59 Å². The van der Waals surface area contributed by atoms with Crippen LogP contribution in [0.1, 0.15) is 30.9 Å². The van der Waals surface area contributed by atoms with E-state index in [2.05, 4.69) is 35.5 Å². The van der Waals surface area contributed by atoms with Crippen LogP contribution in [0.2, 0.25) is 0 Å². The fourth-order valence-electron chi connectivity index (χ4n) is 2.43. The molecule has 1 fully saturated rings. The second kappa shape index (κ2) is 7.31. The smallest absolute Gasteiger partial charge is 0.321 e. The Morgan fingerprint density at radius 3 is 2.80 bits per heavy atom. The molecule has 1 aromatic heterocycles. The number of aromatic nitrogens is 2.